The topological polar surface area (TPSA) is 133 Å². The van der Waals surface area contributed by atoms with Crippen LogP contribution in [0.1, 0.15) is 31.2 Å². The molecule has 5 aromatic rings. The molecule has 0 spiro atoms. The minimum atomic E-state index is -0.0690. The highest BCUT2D eigenvalue weighted by Gasteiger charge is 2.43. The van der Waals surface area contributed by atoms with Gasteiger partial charge in [0.25, 0.3) is 0 Å². The zero-order valence-electron chi connectivity index (χ0n) is 22.3. The number of hydrogen-bond acceptors (Lipinski definition) is 10. The van der Waals surface area contributed by atoms with Gasteiger partial charge >= 0.3 is 6.01 Å². The first-order valence-corrected chi connectivity index (χ1v) is 13.5. The number of amides is 1. The Kier molecular flexibility index (Phi) is 6.14. The van der Waals surface area contributed by atoms with Crippen molar-refractivity contribution in [3.05, 3.63) is 73.6 Å². The van der Waals surface area contributed by atoms with Gasteiger partial charge < -0.3 is 19.7 Å². The van der Waals surface area contributed by atoms with Gasteiger partial charge in [-0.25, -0.2) is 24.5 Å². The number of aromatic nitrogens is 7. The number of pyridine rings is 1. The van der Waals surface area contributed by atoms with E-state index in [-0.39, 0.29) is 30.1 Å². The molecule has 0 saturated carbocycles. The molecule has 2 aliphatic rings. The molecule has 6 heterocycles. The Labute approximate surface area is 235 Å². The number of hydrogen-bond donors (Lipinski definition) is 1. The molecule has 7 rings (SSSR count). The van der Waals surface area contributed by atoms with Crippen LogP contribution < -0.4 is 14.8 Å². The van der Waals surface area contributed by atoms with E-state index in [9.17, 15) is 4.79 Å². The fourth-order valence-corrected chi connectivity index (χ4v) is 5.79. The van der Waals surface area contributed by atoms with E-state index in [1.54, 1.807) is 16.9 Å². The van der Waals surface area contributed by atoms with Gasteiger partial charge in [0.05, 0.1) is 6.20 Å². The van der Waals surface area contributed by atoms with Crippen LogP contribution in [-0.2, 0) is 4.79 Å². The number of piperidine rings is 1. The smallest absolute Gasteiger partial charge is 0.317 e. The number of nitrogens with zero attached hydrogens (tertiary/aromatic N) is 8. The van der Waals surface area contributed by atoms with Gasteiger partial charge in [-0.1, -0.05) is 6.58 Å². The number of nitrogens with one attached hydrogen (secondary N) is 1. The third kappa shape index (κ3) is 4.77. The monoisotopic (exact) mass is 549 g/mol. The third-order valence-electron chi connectivity index (χ3n) is 7.66. The van der Waals surface area contributed by atoms with E-state index < -0.39 is 0 Å². The molecule has 12 nitrogen and oxygen atoms in total. The molecule has 1 N–H and O–H groups in total. The van der Waals surface area contributed by atoms with Crippen LogP contribution in [0.4, 0.5) is 11.5 Å². The maximum atomic E-state index is 12.3. The van der Waals surface area contributed by atoms with Gasteiger partial charge in [0.1, 0.15) is 41.3 Å². The summed E-state index contributed by atoms with van der Waals surface area (Å²) < 4.78 is 14.0. The number of aryl methyl sites for hydroxylation is 1. The zero-order chi connectivity index (χ0) is 27.9. The molecular formula is C29H27N9O3. The molecule has 0 aliphatic carbocycles. The van der Waals surface area contributed by atoms with Crippen molar-refractivity contribution in [1.29, 1.82) is 0 Å². The van der Waals surface area contributed by atoms with E-state index in [0.29, 0.717) is 28.2 Å². The lowest BCUT2D eigenvalue weighted by Crippen LogP contribution is -2.48. The Morgan fingerprint density at radius 2 is 1.93 bits per heavy atom. The van der Waals surface area contributed by atoms with Crippen molar-refractivity contribution in [3.63, 3.8) is 0 Å². The van der Waals surface area contributed by atoms with Crippen LogP contribution >= 0.6 is 0 Å². The van der Waals surface area contributed by atoms with Crippen molar-refractivity contribution in [2.24, 2.45) is 0 Å². The molecule has 41 heavy (non-hydrogen) atoms. The molecular weight excluding hydrogens is 522 g/mol. The van der Waals surface area contributed by atoms with Gasteiger partial charge in [-0.2, -0.15) is 10.1 Å². The number of anilines is 2. The lowest BCUT2D eigenvalue weighted by atomic mass is 9.99. The highest BCUT2D eigenvalue weighted by molar-refractivity contribution is 5.88. The standard InChI is InChI=1S/C29H27N9O3/c1-3-26(39)38-19-5-6-20(38)12-22(11-19)41-29-30-14-23-27(36-29)28(33-15-31-23)35-18-4-7-24(17(2)10-18)40-21-8-9-37-25(13-21)32-16-34-37/h3-4,7-10,13-16,19-20,22H,1,5-6,11-12H2,2H3,(H,31,33,35). The minimum Gasteiger partial charge on any atom is -0.460 e. The molecule has 1 amide bonds. The summed E-state index contributed by atoms with van der Waals surface area (Å²) >= 11 is 0. The second kappa shape index (κ2) is 10.1. The Balaban J connectivity index is 1.08. The van der Waals surface area contributed by atoms with Crippen molar-refractivity contribution in [3.8, 4) is 17.5 Å². The van der Waals surface area contributed by atoms with Crippen molar-refractivity contribution < 1.29 is 14.3 Å². The van der Waals surface area contributed by atoms with E-state index in [0.717, 1.165) is 42.7 Å². The molecule has 2 unspecified atom stereocenters. The summed E-state index contributed by atoms with van der Waals surface area (Å²) in [7, 11) is 0. The van der Waals surface area contributed by atoms with E-state index in [4.69, 9.17) is 9.47 Å². The number of ether oxygens (including phenoxy) is 2. The average Bonchev–Trinajstić information content (AvgIpc) is 3.55. The number of benzene rings is 1. The summed E-state index contributed by atoms with van der Waals surface area (Å²) in [6.45, 7) is 5.62. The summed E-state index contributed by atoms with van der Waals surface area (Å²) in [6.07, 6.45) is 11.2. The van der Waals surface area contributed by atoms with Crippen LogP contribution in [0.5, 0.6) is 17.5 Å². The first-order valence-electron chi connectivity index (χ1n) is 13.5. The Morgan fingerprint density at radius 1 is 1.07 bits per heavy atom. The lowest BCUT2D eigenvalue weighted by Gasteiger charge is -2.37. The van der Waals surface area contributed by atoms with Gasteiger partial charge in [0, 0.05) is 42.9 Å². The lowest BCUT2D eigenvalue weighted by molar-refractivity contribution is -0.131. The molecule has 2 atom stereocenters. The van der Waals surface area contributed by atoms with E-state index in [2.05, 4.69) is 41.9 Å². The van der Waals surface area contributed by atoms with Gasteiger partial charge in [-0.05, 0) is 55.7 Å². The van der Waals surface area contributed by atoms with E-state index in [1.807, 2.05) is 42.2 Å². The van der Waals surface area contributed by atoms with Gasteiger partial charge in [-0.15, -0.1) is 0 Å². The fraction of sp³-hybridized carbons (Fsp3) is 0.276. The molecule has 206 valence electrons. The average molecular weight is 550 g/mol. The van der Waals surface area contributed by atoms with Crippen LogP contribution in [0.25, 0.3) is 16.7 Å². The van der Waals surface area contributed by atoms with E-state index >= 15 is 0 Å². The largest absolute Gasteiger partial charge is 0.460 e. The molecule has 2 aliphatic heterocycles. The van der Waals surface area contributed by atoms with Crippen molar-refractivity contribution in [1.82, 2.24) is 39.4 Å². The summed E-state index contributed by atoms with van der Waals surface area (Å²) in [5.41, 5.74) is 3.62. The van der Waals surface area contributed by atoms with Crippen LogP contribution in [0.2, 0.25) is 0 Å². The predicted molar refractivity (Wildman–Crippen MR) is 150 cm³/mol. The zero-order valence-corrected chi connectivity index (χ0v) is 22.3. The highest BCUT2D eigenvalue weighted by Crippen LogP contribution is 2.37. The number of carbonyl (C=O) groups excluding carboxylic acids is 1. The van der Waals surface area contributed by atoms with Gasteiger partial charge in [0.2, 0.25) is 5.91 Å². The molecule has 2 fully saturated rings. The molecule has 2 bridgehead atoms. The first kappa shape index (κ1) is 24.9. The SMILES string of the molecule is C=CC(=O)N1C2CCC1CC(Oc1ncc3ncnc(Nc4ccc(Oc5ccn6ncnc6c5)c(C)c4)c3n1)C2. The maximum absolute atomic E-state index is 12.3. The molecule has 0 radical (unpaired) electrons. The Hall–Kier alpha value is -5.13. The molecule has 2 saturated heterocycles. The molecule has 1 aromatic carbocycles. The summed E-state index contributed by atoms with van der Waals surface area (Å²) in [5, 5.41) is 7.46. The Morgan fingerprint density at radius 3 is 2.73 bits per heavy atom. The molecule has 4 aromatic heterocycles. The number of fused-ring (bicyclic) bond motifs is 4. The third-order valence-corrected chi connectivity index (χ3v) is 7.66. The quantitative estimate of drug-likeness (QED) is 0.291. The van der Waals surface area contributed by atoms with Crippen LogP contribution in [0.3, 0.4) is 0 Å². The van der Waals surface area contributed by atoms with E-state index in [1.165, 1.54) is 18.7 Å². The van der Waals surface area contributed by atoms with Crippen molar-refractivity contribution in [2.75, 3.05) is 5.32 Å². The van der Waals surface area contributed by atoms with Crippen LogP contribution in [0, 0.1) is 6.92 Å². The number of rotatable bonds is 7. The van der Waals surface area contributed by atoms with Gasteiger partial charge in [0.15, 0.2) is 11.5 Å². The molecule has 12 heteroatoms. The predicted octanol–water partition coefficient (Wildman–Crippen LogP) is 4.39. The van der Waals surface area contributed by atoms with Crippen molar-refractivity contribution >= 4 is 34.1 Å². The Bertz CT molecular complexity index is 1770. The normalized spacial score (nSPS) is 19.8. The fourth-order valence-electron chi connectivity index (χ4n) is 5.79. The van der Waals surface area contributed by atoms with Gasteiger partial charge in [-0.3, -0.25) is 4.79 Å². The number of carbonyl (C=O) groups is 1. The van der Waals surface area contributed by atoms with Crippen LogP contribution in [0.15, 0.2) is 68.0 Å². The summed E-state index contributed by atoms with van der Waals surface area (Å²) in [5.74, 6) is 1.93. The minimum absolute atomic E-state index is 0.00557. The summed E-state index contributed by atoms with van der Waals surface area (Å²) in [6, 6.07) is 10.1. The maximum Gasteiger partial charge on any atom is 0.317 e. The first-order chi connectivity index (χ1) is 20.0. The van der Waals surface area contributed by atoms with Crippen LogP contribution in [-0.4, -0.2) is 63.5 Å². The van der Waals surface area contributed by atoms with Crippen molar-refractivity contribution in [2.45, 2.75) is 50.8 Å². The summed E-state index contributed by atoms with van der Waals surface area (Å²) in [4.78, 5) is 36.3. The second-order valence-corrected chi connectivity index (χ2v) is 10.3. The second-order valence-electron chi connectivity index (χ2n) is 10.3. The highest BCUT2D eigenvalue weighted by atomic mass is 16.5.